The van der Waals surface area contributed by atoms with Crippen molar-refractivity contribution in [2.24, 2.45) is 4.99 Å². The fourth-order valence-electron chi connectivity index (χ4n) is 3.74. The number of carbonyl (C=O) groups is 1. The molecule has 1 saturated heterocycles. The van der Waals surface area contributed by atoms with Gasteiger partial charge in [-0.15, -0.1) is 0 Å². The van der Waals surface area contributed by atoms with E-state index in [-0.39, 0.29) is 17.6 Å². The number of aliphatic hydroxyl groups is 1. The first-order valence-electron chi connectivity index (χ1n) is 10.3. The van der Waals surface area contributed by atoms with Crippen LogP contribution in [0.1, 0.15) is 30.4 Å². The lowest BCUT2D eigenvalue weighted by Crippen LogP contribution is -2.48. The van der Waals surface area contributed by atoms with Crippen molar-refractivity contribution in [1.29, 1.82) is 0 Å². The molecule has 1 heterocycles. The Morgan fingerprint density at radius 3 is 1.93 bits per heavy atom. The zero-order valence-corrected chi connectivity index (χ0v) is 17.4. The molecule has 2 aromatic carbocycles. The minimum atomic E-state index is 0.0425. The van der Waals surface area contributed by atoms with Gasteiger partial charge in [0.25, 0.3) is 0 Å². The average Bonchev–Trinajstić information content (AvgIpc) is 2.79. The van der Waals surface area contributed by atoms with Crippen LogP contribution in [0.15, 0.2) is 89.4 Å². The van der Waals surface area contributed by atoms with Crippen LogP contribution in [0.3, 0.4) is 0 Å². The molecule has 1 aliphatic rings. The summed E-state index contributed by atoms with van der Waals surface area (Å²) in [6.45, 7) is 7.91. The quantitative estimate of drug-likeness (QED) is 0.425. The number of nitrogens with zero attached hydrogens (tertiary/aromatic N) is 3. The molecule has 0 unspecified atom stereocenters. The van der Waals surface area contributed by atoms with E-state index in [0.717, 1.165) is 11.1 Å². The fraction of sp³-hybridized carbons (Fsp3) is 0.280. The molecular formula is C25H29N3O2. The number of hydrogen-bond donors (Lipinski definition) is 1. The van der Waals surface area contributed by atoms with E-state index >= 15 is 0 Å². The first-order chi connectivity index (χ1) is 14.6. The van der Waals surface area contributed by atoms with Crippen molar-refractivity contribution in [2.45, 2.75) is 19.3 Å². The Morgan fingerprint density at radius 1 is 0.967 bits per heavy atom. The van der Waals surface area contributed by atoms with E-state index in [1.54, 1.807) is 19.1 Å². The number of rotatable bonds is 7. The molecule has 1 fully saturated rings. The molecule has 0 aliphatic carbocycles. The standard InChI is InChI=1S/C25H29N3O2/c1-20(29)13-14-24(26-2)27-15-17-28(18-16-27)25(30)19-23(21-9-5-3-6-10-21)22-11-7-4-8-12-22/h3-14,23,29H,2,15-19H2,1H3/b20-13+,24-14+. The summed E-state index contributed by atoms with van der Waals surface area (Å²) in [7, 11) is 0. The van der Waals surface area contributed by atoms with Gasteiger partial charge in [-0.1, -0.05) is 60.7 Å². The Labute approximate surface area is 178 Å². The van der Waals surface area contributed by atoms with Gasteiger partial charge in [0.2, 0.25) is 5.91 Å². The van der Waals surface area contributed by atoms with Gasteiger partial charge < -0.3 is 14.9 Å². The Hall–Kier alpha value is -3.34. The molecule has 0 bridgehead atoms. The third-order valence-corrected chi connectivity index (χ3v) is 5.37. The van der Waals surface area contributed by atoms with Crippen molar-refractivity contribution in [3.05, 3.63) is 95.5 Å². The van der Waals surface area contributed by atoms with Crippen molar-refractivity contribution in [1.82, 2.24) is 9.80 Å². The highest BCUT2D eigenvalue weighted by atomic mass is 16.3. The zero-order valence-electron chi connectivity index (χ0n) is 17.4. The molecule has 1 aliphatic heterocycles. The first kappa shape index (κ1) is 21.4. The molecule has 0 saturated carbocycles. The average molecular weight is 404 g/mol. The summed E-state index contributed by atoms with van der Waals surface area (Å²) < 4.78 is 0. The highest BCUT2D eigenvalue weighted by molar-refractivity contribution is 5.78. The van der Waals surface area contributed by atoms with Gasteiger partial charge in [-0.25, -0.2) is 4.99 Å². The summed E-state index contributed by atoms with van der Waals surface area (Å²) in [5, 5.41) is 9.36. The molecule has 2 aromatic rings. The maximum atomic E-state index is 13.1. The predicted octanol–water partition coefficient (Wildman–Crippen LogP) is 4.36. The minimum Gasteiger partial charge on any atom is -0.513 e. The van der Waals surface area contributed by atoms with Crippen molar-refractivity contribution in [2.75, 3.05) is 26.2 Å². The van der Waals surface area contributed by atoms with E-state index in [9.17, 15) is 9.90 Å². The van der Waals surface area contributed by atoms with Gasteiger partial charge in [0.1, 0.15) is 5.82 Å². The number of carbonyl (C=O) groups excluding carboxylic acids is 1. The summed E-state index contributed by atoms with van der Waals surface area (Å²) in [6, 6.07) is 20.4. The molecule has 5 nitrogen and oxygen atoms in total. The summed E-state index contributed by atoms with van der Waals surface area (Å²) >= 11 is 0. The molecule has 156 valence electrons. The van der Waals surface area contributed by atoms with E-state index in [0.29, 0.717) is 38.4 Å². The molecule has 30 heavy (non-hydrogen) atoms. The summed E-state index contributed by atoms with van der Waals surface area (Å²) in [5.74, 6) is 1.14. The number of aliphatic hydroxyl groups excluding tert-OH is 1. The first-order valence-corrected chi connectivity index (χ1v) is 10.3. The fourth-order valence-corrected chi connectivity index (χ4v) is 3.74. The highest BCUT2D eigenvalue weighted by Crippen LogP contribution is 2.29. The lowest BCUT2D eigenvalue weighted by atomic mass is 9.88. The van der Waals surface area contributed by atoms with Gasteiger partial charge in [0.15, 0.2) is 0 Å². The van der Waals surface area contributed by atoms with Crippen molar-refractivity contribution in [3.63, 3.8) is 0 Å². The van der Waals surface area contributed by atoms with E-state index in [1.807, 2.05) is 41.3 Å². The third kappa shape index (κ3) is 5.60. The van der Waals surface area contributed by atoms with Gasteiger partial charge in [-0.2, -0.15) is 0 Å². The zero-order chi connectivity index (χ0) is 21.3. The minimum absolute atomic E-state index is 0.0425. The smallest absolute Gasteiger partial charge is 0.223 e. The molecule has 3 rings (SSSR count). The number of piperazine rings is 1. The van der Waals surface area contributed by atoms with Crippen LogP contribution in [0.4, 0.5) is 0 Å². The molecule has 0 aromatic heterocycles. The molecule has 1 N–H and O–H groups in total. The molecular weight excluding hydrogens is 374 g/mol. The van der Waals surface area contributed by atoms with E-state index in [1.165, 1.54) is 0 Å². The van der Waals surface area contributed by atoms with Crippen LogP contribution < -0.4 is 0 Å². The number of allylic oxidation sites excluding steroid dienone is 3. The molecule has 0 atom stereocenters. The second kappa shape index (κ2) is 10.4. The SMILES string of the molecule is C=N/C(=C\C=C(/C)O)N1CCN(C(=O)CC(c2ccccc2)c2ccccc2)CC1. The van der Waals surface area contributed by atoms with E-state index in [2.05, 4.69) is 40.9 Å². The Balaban J connectivity index is 1.67. The van der Waals surface area contributed by atoms with Crippen LogP contribution in [0, 0.1) is 0 Å². The van der Waals surface area contributed by atoms with Crippen LogP contribution in [0.25, 0.3) is 0 Å². The lowest BCUT2D eigenvalue weighted by molar-refractivity contribution is -0.132. The maximum Gasteiger partial charge on any atom is 0.223 e. The van der Waals surface area contributed by atoms with Crippen LogP contribution in [-0.4, -0.2) is 53.7 Å². The number of amides is 1. The van der Waals surface area contributed by atoms with Gasteiger partial charge in [0.05, 0.1) is 5.76 Å². The summed E-state index contributed by atoms with van der Waals surface area (Å²) in [5.41, 5.74) is 2.31. The van der Waals surface area contributed by atoms with Gasteiger partial charge in [0, 0.05) is 38.5 Å². The van der Waals surface area contributed by atoms with Crippen LogP contribution in [0.2, 0.25) is 0 Å². The Morgan fingerprint density at radius 2 is 1.47 bits per heavy atom. The number of hydrogen-bond acceptors (Lipinski definition) is 4. The van der Waals surface area contributed by atoms with Crippen LogP contribution in [0.5, 0.6) is 0 Å². The Bertz CT molecular complexity index is 855. The van der Waals surface area contributed by atoms with E-state index in [4.69, 9.17) is 0 Å². The normalized spacial score (nSPS) is 15.4. The highest BCUT2D eigenvalue weighted by Gasteiger charge is 2.25. The molecule has 5 heteroatoms. The van der Waals surface area contributed by atoms with Gasteiger partial charge >= 0.3 is 0 Å². The Kier molecular flexibility index (Phi) is 7.44. The monoisotopic (exact) mass is 403 g/mol. The third-order valence-electron chi connectivity index (χ3n) is 5.37. The molecule has 0 radical (unpaired) electrons. The second-order valence-corrected chi connectivity index (χ2v) is 7.44. The van der Waals surface area contributed by atoms with Crippen molar-refractivity contribution >= 4 is 12.6 Å². The predicted molar refractivity (Wildman–Crippen MR) is 122 cm³/mol. The molecule has 1 amide bonds. The number of benzene rings is 2. The lowest BCUT2D eigenvalue weighted by Gasteiger charge is -2.36. The van der Waals surface area contributed by atoms with Crippen LogP contribution in [-0.2, 0) is 4.79 Å². The maximum absolute atomic E-state index is 13.1. The summed E-state index contributed by atoms with van der Waals surface area (Å²) in [4.78, 5) is 21.2. The number of aliphatic imine (C=N–C) groups is 1. The van der Waals surface area contributed by atoms with Crippen molar-refractivity contribution < 1.29 is 9.90 Å². The van der Waals surface area contributed by atoms with Crippen LogP contribution >= 0.6 is 0 Å². The topological polar surface area (TPSA) is 56.1 Å². The van der Waals surface area contributed by atoms with Gasteiger partial charge in [-0.3, -0.25) is 4.79 Å². The van der Waals surface area contributed by atoms with Crippen molar-refractivity contribution in [3.8, 4) is 0 Å². The largest absolute Gasteiger partial charge is 0.513 e. The molecule has 0 spiro atoms. The van der Waals surface area contributed by atoms with E-state index < -0.39 is 0 Å². The second-order valence-electron chi connectivity index (χ2n) is 7.44. The van der Waals surface area contributed by atoms with Gasteiger partial charge in [-0.05, 0) is 36.9 Å². The summed E-state index contributed by atoms with van der Waals surface area (Å²) in [6.07, 6.45) is 3.80.